The number of hydrogen-bond donors (Lipinski definition) is 0. The Kier molecular flexibility index (Phi) is 5.03. The van der Waals surface area contributed by atoms with Crippen LogP contribution in [0.1, 0.15) is 5.56 Å². The third kappa shape index (κ3) is 3.35. The van der Waals surface area contributed by atoms with Crippen LogP contribution in [0.2, 0.25) is 5.02 Å². The molecule has 1 aromatic carbocycles. The van der Waals surface area contributed by atoms with Gasteiger partial charge >= 0.3 is 0 Å². The van der Waals surface area contributed by atoms with Gasteiger partial charge in [-0.25, -0.2) is 4.39 Å². The van der Waals surface area contributed by atoms with E-state index in [4.69, 9.17) is 23.2 Å². The Balaban J connectivity index is 2.64. The van der Waals surface area contributed by atoms with E-state index in [1.807, 2.05) is 0 Å². The molecule has 5 heteroatoms. The van der Waals surface area contributed by atoms with E-state index in [1.165, 1.54) is 11.0 Å². The minimum Gasteiger partial charge on any atom is -0.344 e. The van der Waals surface area contributed by atoms with E-state index in [0.29, 0.717) is 23.6 Å². The van der Waals surface area contributed by atoms with E-state index in [2.05, 4.69) is 0 Å². The fraction of sp³-hybridized carbons (Fsp3) is 0.364. The molecule has 0 aliphatic carbocycles. The van der Waals surface area contributed by atoms with Gasteiger partial charge in [-0.1, -0.05) is 17.7 Å². The van der Waals surface area contributed by atoms with E-state index >= 15 is 0 Å². The predicted octanol–water partition coefficient (Wildman–Crippen LogP) is 2.72. The van der Waals surface area contributed by atoms with Crippen LogP contribution in [0, 0.1) is 5.82 Å². The van der Waals surface area contributed by atoms with Crippen LogP contribution in [0.25, 0.3) is 0 Å². The third-order valence-corrected chi connectivity index (χ3v) is 2.88. The number of hydrogen-bond acceptors (Lipinski definition) is 1. The van der Waals surface area contributed by atoms with Gasteiger partial charge in [-0.3, -0.25) is 4.79 Å². The summed E-state index contributed by atoms with van der Waals surface area (Å²) < 4.78 is 13.4. The fourth-order valence-electron chi connectivity index (χ4n) is 1.28. The molecule has 1 aromatic rings. The Morgan fingerprint density at radius 3 is 2.75 bits per heavy atom. The van der Waals surface area contributed by atoms with E-state index < -0.39 is 0 Å². The molecule has 0 spiro atoms. The van der Waals surface area contributed by atoms with Crippen LogP contribution in [0.5, 0.6) is 0 Å². The average Bonchev–Trinajstić information content (AvgIpc) is 2.27. The van der Waals surface area contributed by atoms with Gasteiger partial charge in [0.1, 0.15) is 11.7 Å². The fourth-order valence-corrected chi connectivity index (χ4v) is 1.74. The van der Waals surface area contributed by atoms with Crippen LogP contribution in [-0.2, 0) is 11.2 Å². The Hall–Kier alpha value is -0.800. The zero-order valence-electron chi connectivity index (χ0n) is 8.84. The first-order valence-corrected chi connectivity index (χ1v) is 5.70. The van der Waals surface area contributed by atoms with Crippen molar-refractivity contribution in [2.45, 2.75) is 6.42 Å². The van der Waals surface area contributed by atoms with Gasteiger partial charge in [0.25, 0.3) is 0 Å². The van der Waals surface area contributed by atoms with Crippen molar-refractivity contribution in [2.24, 2.45) is 0 Å². The number of carbonyl (C=O) groups excluding carboxylic acids is 1. The molecule has 0 N–H and O–H groups in total. The first-order chi connectivity index (χ1) is 7.56. The van der Waals surface area contributed by atoms with Gasteiger partial charge in [0.05, 0.1) is 0 Å². The standard InChI is InChI=1S/C11H12Cl2FNO/c1-15(11(16)7-12)6-5-8-9(13)3-2-4-10(8)14/h2-4H,5-7H2,1H3. The summed E-state index contributed by atoms with van der Waals surface area (Å²) in [6.07, 6.45) is 0.380. The van der Waals surface area contributed by atoms with Crippen LogP contribution in [0.3, 0.4) is 0 Å². The van der Waals surface area contributed by atoms with Crippen molar-refractivity contribution in [3.05, 3.63) is 34.6 Å². The maximum Gasteiger partial charge on any atom is 0.237 e. The highest BCUT2D eigenvalue weighted by atomic mass is 35.5. The van der Waals surface area contributed by atoms with Gasteiger partial charge in [-0.15, -0.1) is 11.6 Å². The highest BCUT2D eigenvalue weighted by Crippen LogP contribution is 2.19. The van der Waals surface area contributed by atoms with Gasteiger partial charge in [0.15, 0.2) is 0 Å². The summed E-state index contributed by atoms with van der Waals surface area (Å²) in [5.74, 6) is -0.602. The molecule has 0 fully saturated rings. The van der Waals surface area contributed by atoms with E-state index in [-0.39, 0.29) is 17.6 Å². The Morgan fingerprint density at radius 1 is 1.50 bits per heavy atom. The molecular weight excluding hydrogens is 252 g/mol. The molecular formula is C11H12Cl2FNO. The second-order valence-electron chi connectivity index (χ2n) is 3.40. The summed E-state index contributed by atoms with van der Waals surface area (Å²) in [6.45, 7) is 0.395. The van der Waals surface area contributed by atoms with Gasteiger partial charge in [-0.2, -0.15) is 0 Å². The number of carbonyl (C=O) groups is 1. The predicted molar refractivity (Wildman–Crippen MR) is 63.5 cm³/mol. The summed E-state index contributed by atoms with van der Waals surface area (Å²) >= 11 is 11.3. The smallest absolute Gasteiger partial charge is 0.237 e. The van der Waals surface area contributed by atoms with Crippen LogP contribution >= 0.6 is 23.2 Å². The van der Waals surface area contributed by atoms with Crippen molar-refractivity contribution in [3.63, 3.8) is 0 Å². The molecule has 2 nitrogen and oxygen atoms in total. The average molecular weight is 264 g/mol. The number of likely N-dealkylation sites (N-methyl/N-ethyl adjacent to an activating group) is 1. The Bertz CT molecular complexity index is 364. The van der Waals surface area contributed by atoms with Crippen molar-refractivity contribution in [1.82, 2.24) is 4.90 Å². The van der Waals surface area contributed by atoms with Gasteiger partial charge in [-0.05, 0) is 18.6 Å². The zero-order chi connectivity index (χ0) is 12.1. The number of halogens is 3. The summed E-state index contributed by atoms with van der Waals surface area (Å²) in [7, 11) is 1.62. The highest BCUT2D eigenvalue weighted by Gasteiger charge is 2.10. The lowest BCUT2D eigenvalue weighted by molar-refractivity contribution is -0.127. The van der Waals surface area contributed by atoms with Gasteiger partial charge < -0.3 is 4.90 Å². The molecule has 0 saturated carbocycles. The van der Waals surface area contributed by atoms with Crippen LogP contribution in [-0.4, -0.2) is 30.3 Å². The third-order valence-electron chi connectivity index (χ3n) is 2.30. The summed E-state index contributed by atoms with van der Waals surface area (Å²) in [4.78, 5) is 12.6. The zero-order valence-corrected chi connectivity index (χ0v) is 10.4. The quantitative estimate of drug-likeness (QED) is 0.766. The second-order valence-corrected chi connectivity index (χ2v) is 4.07. The number of alkyl halides is 1. The molecule has 88 valence electrons. The molecule has 0 aliphatic heterocycles. The molecule has 0 heterocycles. The second kappa shape index (κ2) is 6.06. The van der Waals surface area contributed by atoms with Crippen molar-refractivity contribution in [1.29, 1.82) is 0 Å². The lowest BCUT2D eigenvalue weighted by Crippen LogP contribution is -2.29. The van der Waals surface area contributed by atoms with Gasteiger partial charge in [0, 0.05) is 24.2 Å². The maximum atomic E-state index is 13.4. The molecule has 0 unspecified atom stereocenters. The molecule has 0 atom stereocenters. The Morgan fingerprint density at radius 2 is 2.19 bits per heavy atom. The molecule has 0 aromatic heterocycles. The van der Waals surface area contributed by atoms with E-state index in [0.717, 1.165) is 0 Å². The highest BCUT2D eigenvalue weighted by molar-refractivity contribution is 6.31. The number of benzene rings is 1. The first-order valence-electron chi connectivity index (χ1n) is 4.79. The monoisotopic (exact) mass is 263 g/mol. The lowest BCUT2D eigenvalue weighted by atomic mass is 10.1. The van der Waals surface area contributed by atoms with Crippen molar-refractivity contribution in [2.75, 3.05) is 19.5 Å². The SMILES string of the molecule is CN(CCc1c(F)cccc1Cl)C(=O)CCl. The van der Waals surface area contributed by atoms with Crippen molar-refractivity contribution >= 4 is 29.1 Å². The number of amides is 1. The molecule has 0 aliphatic rings. The van der Waals surface area contributed by atoms with Crippen molar-refractivity contribution < 1.29 is 9.18 Å². The molecule has 16 heavy (non-hydrogen) atoms. The molecule has 0 radical (unpaired) electrons. The molecule has 0 saturated heterocycles. The molecule has 1 amide bonds. The lowest BCUT2D eigenvalue weighted by Gasteiger charge is -2.16. The largest absolute Gasteiger partial charge is 0.344 e. The number of rotatable bonds is 4. The maximum absolute atomic E-state index is 13.4. The minimum absolute atomic E-state index is 0.0680. The van der Waals surface area contributed by atoms with Gasteiger partial charge in [0.2, 0.25) is 5.91 Å². The molecule has 1 rings (SSSR count). The molecule has 0 bridgehead atoms. The van der Waals surface area contributed by atoms with Crippen molar-refractivity contribution in [3.8, 4) is 0 Å². The summed E-state index contributed by atoms with van der Waals surface area (Å²) in [6, 6.07) is 4.53. The van der Waals surface area contributed by atoms with Crippen LogP contribution in [0.15, 0.2) is 18.2 Å². The van der Waals surface area contributed by atoms with E-state index in [1.54, 1.807) is 19.2 Å². The Labute approximate surface area is 104 Å². The first kappa shape index (κ1) is 13.3. The normalized spacial score (nSPS) is 10.2. The number of nitrogens with zero attached hydrogens (tertiary/aromatic N) is 1. The summed E-state index contributed by atoms with van der Waals surface area (Å²) in [5, 5.41) is 0.381. The summed E-state index contributed by atoms with van der Waals surface area (Å²) in [5.41, 5.74) is 0.429. The minimum atomic E-state index is -0.348. The van der Waals surface area contributed by atoms with Crippen LogP contribution in [0.4, 0.5) is 4.39 Å². The van der Waals surface area contributed by atoms with Crippen LogP contribution < -0.4 is 0 Å². The van der Waals surface area contributed by atoms with E-state index in [9.17, 15) is 9.18 Å². The topological polar surface area (TPSA) is 20.3 Å².